The first-order chi connectivity index (χ1) is 12.2. The lowest BCUT2D eigenvalue weighted by atomic mass is 9.78. The van der Waals surface area contributed by atoms with E-state index in [0.29, 0.717) is 25.4 Å². The molecule has 4 heterocycles. The zero-order valence-corrected chi connectivity index (χ0v) is 14.1. The van der Waals surface area contributed by atoms with Gasteiger partial charge in [-0.25, -0.2) is 0 Å². The average molecular weight is 339 g/mol. The molecule has 0 saturated carbocycles. The van der Waals surface area contributed by atoms with Crippen molar-refractivity contribution in [2.75, 3.05) is 19.6 Å². The molecule has 25 heavy (non-hydrogen) atoms. The molecule has 1 atom stereocenters. The summed E-state index contributed by atoms with van der Waals surface area (Å²) in [5.41, 5.74) is 0.593. The van der Waals surface area contributed by atoms with E-state index in [1.54, 1.807) is 29.4 Å². The fraction of sp³-hybridized carbons (Fsp3) is 0.421. The first kappa shape index (κ1) is 15.9. The van der Waals surface area contributed by atoms with E-state index in [2.05, 4.69) is 4.98 Å². The molecular formula is C19H21N3O3. The number of aromatic nitrogens is 1. The zero-order chi connectivity index (χ0) is 17.3. The van der Waals surface area contributed by atoms with Gasteiger partial charge in [0.1, 0.15) is 0 Å². The molecule has 0 aromatic carbocycles. The molecule has 2 amide bonds. The van der Waals surface area contributed by atoms with E-state index in [0.717, 1.165) is 31.4 Å². The molecule has 0 bridgehead atoms. The van der Waals surface area contributed by atoms with Crippen LogP contribution in [0.2, 0.25) is 0 Å². The van der Waals surface area contributed by atoms with E-state index in [1.807, 2.05) is 17.0 Å². The number of piperidine rings is 1. The maximum atomic E-state index is 13.1. The van der Waals surface area contributed by atoms with Gasteiger partial charge >= 0.3 is 0 Å². The van der Waals surface area contributed by atoms with Crippen LogP contribution in [0.1, 0.15) is 35.4 Å². The van der Waals surface area contributed by atoms with Gasteiger partial charge in [-0.2, -0.15) is 0 Å². The highest BCUT2D eigenvalue weighted by molar-refractivity contribution is 5.93. The minimum Gasteiger partial charge on any atom is -0.459 e. The van der Waals surface area contributed by atoms with Gasteiger partial charge in [0.05, 0.1) is 11.7 Å². The number of amides is 2. The number of carbonyl (C=O) groups excluding carboxylic acids is 2. The monoisotopic (exact) mass is 339 g/mol. The lowest BCUT2D eigenvalue weighted by Crippen LogP contribution is -2.49. The molecule has 2 fully saturated rings. The van der Waals surface area contributed by atoms with Crippen LogP contribution in [-0.4, -0.2) is 46.2 Å². The Balaban J connectivity index is 1.48. The highest BCUT2D eigenvalue weighted by Gasteiger charge is 2.49. The molecule has 1 spiro atoms. The van der Waals surface area contributed by atoms with Crippen LogP contribution < -0.4 is 0 Å². The molecule has 6 nitrogen and oxygen atoms in total. The smallest absolute Gasteiger partial charge is 0.289 e. The van der Waals surface area contributed by atoms with Crippen LogP contribution >= 0.6 is 0 Å². The van der Waals surface area contributed by atoms with Crippen molar-refractivity contribution in [1.29, 1.82) is 0 Å². The maximum absolute atomic E-state index is 13.1. The summed E-state index contributed by atoms with van der Waals surface area (Å²) in [5.74, 6) is 0.380. The number of pyridine rings is 1. The lowest BCUT2D eigenvalue weighted by molar-refractivity contribution is -0.138. The molecular weight excluding hydrogens is 318 g/mol. The summed E-state index contributed by atoms with van der Waals surface area (Å²) in [5, 5.41) is 0. The number of furan rings is 1. The molecule has 0 unspecified atom stereocenters. The van der Waals surface area contributed by atoms with E-state index < -0.39 is 5.41 Å². The maximum Gasteiger partial charge on any atom is 0.289 e. The molecule has 2 aromatic rings. The largest absolute Gasteiger partial charge is 0.459 e. The summed E-state index contributed by atoms with van der Waals surface area (Å²) in [7, 11) is 0. The van der Waals surface area contributed by atoms with Crippen LogP contribution in [0.25, 0.3) is 0 Å². The number of nitrogens with zero attached hydrogens (tertiary/aromatic N) is 3. The normalized spacial score (nSPS) is 23.4. The fourth-order valence-electron chi connectivity index (χ4n) is 4.00. The molecule has 6 heteroatoms. The Labute approximate surface area is 146 Å². The number of carbonyl (C=O) groups is 2. The fourth-order valence-corrected chi connectivity index (χ4v) is 4.00. The molecule has 130 valence electrons. The van der Waals surface area contributed by atoms with Crippen LogP contribution in [-0.2, 0) is 11.3 Å². The molecule has 2 aliphatic heterocycles. The molecule has 0 radical (unpaired) electrons. The minimum atomic E-state index is -0.442. The van der Waals surface area contributed by atoms with Gasteiger partial charge < -0.3 is 14.2 Å². The Hall–Kier alpha value is -2.63. The van der Waals surface area contributed by atoms with E-state index in [-0.39, 0.29) is 11.8 Å². The van der Waals surface area contributed by atoms with Gasteiger partial charge in [-0.15, -0.1) is 0 Å². The van der Waals surface area contributed by atoms with Crippen molar-refractivity contribution in [3.05, 3.63) is 54.2 Å². The topological polar surface area (TPSA) is 66.7 Å². The van der Waals surface area contributed by atoms with Crippen molar-refractivity contribution in [1.82, 2.24) is 14.8 Å². The molecule has 0 aliphatic carbocycles. The van der Waals surface area contributed by atoms with Crippen LogP contribution in [0.15, 0.2) is 47.3 Å². The summed E-state index contributed by atoms with van der Waals surface area (Å²) in [6.45, 7) is 2.48. The Morgan fingerprint density at radius 2 is 2.16 bits per heavy atom. The Morgan fingerprint density at radius 1 is 1.24 bits per heavy atom. The van der Waals surface area contributed by atoms with Gasteiger partial charge in [0.2, 0.25) is 5.91 Å². The van der Waals surface area contributed by atoms with E-state index in [1.165, 1.54) is 6.26 Å². The van der Waals surface area contributed by atoms with Gasteiger partial charge in [-0.3, -0.25) is 14.6 Å². The summed E-state index contributed by atoms with van der Waals surface area (Å²) in [6.07, 6.45) is 7.52. The second kappa shape index (κ2) is 6.35. The quantitative estimate of drug-likeness (QED) is 0.861. The van der Waals surface area contributed by atoms with Crippen LogP contribution in [0, 0.1) is 5.41 Å². The van der Waals surface area contributed by atoms with Crippen molar-refractivity contribution in [3.8, 4) is 0 Å². The minimum absolute atomic E-state index is 0.123. The van der Waals surface area contributed by atoms with Crippen molar-refractivity contribution in [2.24, 2.45) is 5.41 Å². The van der Waals surface area contributed by atoms with Crippen molar-refractivity contribution in [2.45, 2.75) is 25.8 Å². The molecule has 2 aromatic heterocycles. The molecule has 4 rings (SSSR count). The van der Waals surface area contributed by atoms with E-state index in [9.17, 15) is 9.59 Å². The Bertz CT molecular complexity index is 759. The van der Waals surface area contributed by atoms with Gasteiger partial charge in [0, 0.05) is 38.6 Å². The van der Waals surface area contributed by atoms with Crippen molar-refractivity contribution in [3.63, 3.8) is 0 Å². The summed E-state index contributed by atoms with van der Waals surface area (Å²) in [4.78, 5) is 33.5. The van der Waals surface area contributed by atoms with Crippen LogP contribution in [0.5, 0.6) is 0 Å². The molecule has 2 saturated heterocycles. The van der Waals surface area contributed by atoms with Gasteiger partial charge in [-0.1, -0.05) is 6.07 Å². The van der Waals surface area contributed by atoms with Crippen molar-refractivity contribution < 1.29 is 14.0 Å². The van der Waals surface area contributed by atoms with Gasteiger partial charge in [0.15, 0.2) is 5.76 Å². The second-order valence-electron chi connectivity index (χ2n) is 6.93. The van der Waals surface area contributed by atoms with Crippen LogP contribution in [0.3, 0.4) is 0 Å². The second-order valence-corrected chi connectivity index (χ2v) is 6.93. The first-order valence-electron chi connectivity index (χ1n) is 8.69. The summed E-state index contributed by atoms with van der Waals surface area (Å²) >= 11 is 0. The Morgan fingerprint density at radius 3 is 2.92 bits per heavy atom. The lowest BCUT2D eigenvalue weighted by Gasteiger charge is -2.38. The predicted octanol–water partition coefficient (Wildman–Crippen LogP) is 2.33. The first-order valence-corrected chi connectivity index (χ1v) is 8.69. The average Bonchev–Trinajstić information content (AvgIpc) is 3.28. The number of likely N-dealkylation sites (tertiary alicyclic amines) is 2. The SMILES string of the molecule is O=C(c1ccco1)N1CCC[C@]2(CCN(Cc3cccnc3)C2=O)C1. The standard InChI is InChI=1S/C19H21N3O3/c23-17(16-5-2-11-25-16)22-9-3-6-19(14-22)7-10-21(18(19)24)13-15-4-1-8-20-12-15/h1-2,4-5,8,11-12H,3,6-7,9-10,13-14H2/t19-/m0/s1. The predicted molar refractivity (Wildman–Crippen MR) is 90.5 cm³/mol. The molecule has 0 N–H and O–H groups in total. The third-order valence-corrected chi connectivity index (χ3v) is 5.29. The number of rotatable bonds is 3. The van der Waals surface area contributed by atoms with Crippen LogP contribution in [0.4, 0.5) is 0 Å². The number of hydrogen-bond donors (Lipinski definition) is 0. The highest BCUT2D eigenvalue weighted by atomic mass is 16.3. The van der Waals surface area contributed by atoms with Crippen molar-refractivity contribution >= 4 is 11.8 Å². The van der Waals surface area contributed by atoms with Gasteiger partial charge in [-0.05, 0) is 43.0 Å². The summed E-state index contributed by atoms with van der Waals surface area (Å²) < 4.78 is 5.23. The van der Waals surface area contributed by atoms with Gasteiger partial charge in [0.25, 0.3) is 5.91 Å². The number of hydrogen-bond acceptors (Lipinski definition) is 4. The summed E-state index contributed by atoms with van der Waals surface area (Å²) in [6, 6.07) is 7.26. The van der Waals surface area contributed by atoms with E-state index in [4.69, 9.17) is 4.42 Å². The Kier molecular flexibility index (Phi) is 4.03. The third-order valence-electron chi connectivity index (χ3n) is 5.29. The third kappa shape index (κ3) is 2.92. The van der Waals surface area contributed by atoms with E-state index >= 15 is 0 Å². The molecule has 2 aliphatic rings. The zero-order valence-electron chi connectivity index (χ0n) is 14.1. The highest BCUT2D eigenvalue weighted by Crippen LogP contribution is 2.41.